The summed E-state index contributed by atoms with van der Waals surface area (Å²) in [5.41, 5.74) is 3.29. The SMILES string of the molecule is CC[C@@H](C)[NH2+]Cc1ccc(OCc2nnnn2-c2ccc(C)cc2)c(OC)c1. The Morgan fingerprint density at radius 1 is 1.11 bits per heavy atom. The summed E-state index contributed by atoms with van der Waals surface area (Å²) >= 11 is 0. The predicted molar refractivity (Wildman–Crippen MR) is 107 cm³/mol. The third-order valence-electron chi connectivity index (χ3n) is 4.80. The van der Waals surface area contributed by atoms with Gasteiger partial charge in [-0.15, -0.1) is 5.10 Å². The number of hydrogen-bond acceptors (Lipinski definition) is 5. The number of quaternary nitrogens is 1. The van der Waals surface area contributed by atoms with Crippen LogP contribution in [0.25, 0.3) is 5.69 Å². The lowest BCUT2D eigenvalue weighted by atomic mass is 10.1. The Morgan fingerprint density at radius 2 is 1.89 bits per heavy atom. The van der Waals surface area contributed by atoms with Gasteiger partial charge in [-0.25, -0.2) is 0 Å². The lowest BCUT2D eigenvalue weighted by molar-refractivity contribution is -0.701. The summed E-state index contributed by atoms with van der Waals surface area (Å²) in [6.07, 6.45) is 1.15. The molecule has 28 heavy (non-hydrogen) atoms. The fourth-order valence-electron chi connectivity index (χ4n) is 2.79. The highest BCUT2D eigenvalue weighted by Crippen LogP contribution is 2.28. The van der Waals surface area contributed by atoms with Gasteiger partial charge in [0.05, 0.1) is 18.8 Å². The highest BCUT2D eigenvalue weighted by Gasteiger charge is 2.12. The van der Waals surface area contributed by atoms with Gasteiger partial charge < -0.3 is 14.8 Å². The molecule has 0 bridgehead atoms. The smallest absolute Gasteiger partial charge is 0.194 e. The fraction of sp³-hybridized carbons (Fsp3) is 0.381. The van der Waals surface area contributed by atoms with Crippen LogP contribution in [0.1, 0.15) is 37.2 Å². The molecule has 0 aliphatic rings. The monoisotopic (exact) mass is 382 g/mol. The number of aryl methyl sites for hydroxylation is 1. The summed E-state index contributed by atoms with van der Waals surface area (Å²) < 4.78 is 13.2. The minimum absolute atomic E-state index is 0.246. The van der Waals surface area contributed by atoms with E-state index in [0.717, 1.165) is 18.7 Å². The van der Waals surface area contributed by atoms with E-state index in [4.69, 9.17) is 9.47 Å². The molecule has 2 N–H and O–H groups in total. The Labute approximate surface area is 165 Å². The second-order valence-electron chi connectivity index (χ2n) is 6.94. The number of tetrazole rings is 1. The zero-order valence-corrected chi connectivity index (χ0v) is 16.9. The van der Waals surface area contributed by atoms with Crippen molar-refractivity contribution >= 4 is 0 Å². The molecule has 3 rings (SSSR count). The van der Waals surface area contributed by atoms with Gasteiger partial charge in [-0.2, -0.15) is 4.68 Å². The van der Waals surface area contributed by atoms with Gasteiger partial charge in [0.25, 0.3) is 0 Å². The van der Waals surface area contributed by atoms with Crippen LogP contribution in [0.3, 0.4) is 0 Å². The van der Waals surface area contributed by atoms with E-state index < -0.39 is 0 Å². The quantitative estimate of drug-likeness (QED) is 0.615. The molecule has 0 saturated carbocycles. The molecule has 0 aliphatic heterocycles. The van der Waals surface area contributed by atoms with Crippen LogP contribution >= 0.6 is 0 Å². The molecule has 3 aromatic rings. The van der Waals surface area contributed by atoms with Gasteiger partial charge in [0.1, 0.15) is 6.54 Å². The second-order valence-corrected chi connectivity index (χ2v) is 6.94. The molecule has 0 saturated heterocycles. The molecular weight excluding hydrogens is 354 g/mol. The van der Waals surface area contributed by atoms with Crippen LogP contribution in [0.15, 0.2) is 42.5 Å². The summed E-state index contributed by atoms with van der Waals surface area (Å²) in [4.78, 5) is 0. The van der Waals surface area contributed by atoms with Crippen molar-refractivity contribution in [1.29, 1.82) is 0 Å². The topological polar surface area (TPSA) is 78.7 Å². The molecule has 1 heterocycles. The minimum atomic E-state index is 0.246. The van der Waals surface area contributed by atoms with Crippen molar-refractivity contribution in [2.75, 3.05) is 7.11 Å². The van der Waals surface area contributed by atoms with Crippen molar-refractivity contribution in [3.8, 4) is 17.2 Å². The average Bonchev–Trinajstić information content (AvgIpc) is 3.19. The first kappa shape index (κ1) is 19.8. The first-order valence-electron chi connectivity index (χ1n) is 9.58. The van der Waals surface area contributed by atoms with Gasteiger partial charge in [-0.1, -0.05) is 24.6 Å². The number of nitrogens with two attached hydrogens (primary N) is 1. The molecule has 7 nitrogen and oxygen atoms in total. The third kappa shape index (κ3) is 4.86. The van der Waals surface area contributed by atoms with E-state index in [-0.39, 0.29) is 6.61 Å². The minimum Gasteiger partial charge on any atom is -0.493 e. The normalized spacial score (nSPS) is 12.0. The lowest BCUT2D eigenvalue weighted by Crippen LogP contribution is -2.87. The highest BCUT2D eigenvalue weighted by molar-refractivity contribution is 5.43. The van der Waals surface area contributed by atoms with Crippen molar-refractivity contribution < 1.29 is 14.8 Å². The highest BCUT2D eigenvalue weighted by atomic mass is 16.5. The molecule has 0 spiro atoms. The van der Waals surface area contributed by atoms with E-state index in [0.29, 0.717) is 23.4 Å². The largest absolute Gasteiger partial charge is 0.493 e. The molecule has 148 valence electrons. The van der Waals surface area contributed by atoms with Crippen molar-refractivity contribution in [3.05, 3.63) is 59.4 Å². The van der Waals surface area contributed by atoms with Crippen LogP contribution in [0.5, 0.6) is 11.5 Å². The van der Waals surface area contributed by atoms with Gasteiger partial charge in [0, 0.05) is 5.56 Å². The van der Waals surface area contributed by atoms with Crippen molar-refractivity contribution in [3.63, 3.8) is 0 Å². The number of hydrogen-bond donors (Lipinski definition) is 1. The van der Waals surface area contributed by atoms with Crippen molar-refractivity contribution in [1.82, 2.24) is 20.2 Å². The Morgan fingerprint density at radius 3 is 2.61 bits per heavy atom. The van der Waals surface area contributed by atoms with Crippen LogP contribution in [0.2, 0.25) is 0 Å². The molecule has 1 aromatic heterocycles. The van der Waals surface area contributed by atoms with E-state index in [1.165, 1.54) is 11.1 Å². The lowest BCUT2D eigenvalue weighted by Gasteiger charge is -2.13. The number of ether oxygens (including phenoxy) is 2. The molecule has 0 unspecified atom stereocenters. The molecule has 2 aromatic carbocycles. The molecule has 0 amide bonds. The molecule has 0 radical (unpaired) electrons. The zero-order chi connectivity index (χ0) is 19.9. The van der Waals surface area contributed by atoms with E-state index >= 15 is 0 Å². The maximum Gasteiger partial charge on any atom is 0.194 e. The van der Waals surface area contributed by atoms with Crippen LogP contribution in [0.4, 0.5) is 0 Å². The summed E-state index contributed by atoms with van der Waals surface area (Å²) in [5.74, 6) is 2.01. The third-order valence-corrected chi connectivity index (χ3v) is 4.80. The molecule has 0 aliphatic carbocycles. The van der Waals surface area contributed by atoms with E-state index in [1.54, 1.807) is 11.8 Å². The summed E-state index contributed by atoms with van der Waals surface area (Å²) in [5, 5.41) is 14.3. The van der Waals surface area contributed by atoms with Crippen LogP contribution in [0, 0.1) is 6.92 Å². The first-order chi connectivity index (χ1) is 13.6. The van der Waals surface area contributed by atoms with Gasteiger partial charge >= 0.3 is 0 Å². The number of nitrogens with zero attached hydrogens (tertiary/aromatic N) is 4. The van der Waals surface area contributed by atoms with Crippen LogP contribution in [-0.2, 0) is 13.2 Å². The standard InChI is InChI=1S/C21H27N5O2/c1-5-16(3)22-13-17-8-11-19(20(12-17)27-4)28-14-21-23-24-25-26(21)18-9-6-15(2)7-10-18/h6-12,16,22H,5,13-14H2,1-4H3/p+1/t16-/m1/s1. The first-order valence-corrected chi connectivity index (χ1v) is 9.58. The van der Waals surface area contributed by atoms with Crippen molar-refractivity contribution in [2.24, 2.45) is 0 Å². The number of methoxy groups -OCH3 is 1. The van der Waals surface area contributed by atoms with Gasteiger partial charge in [0.15, 0.2) is 23.9 Å². The van der Waals surface area contributed by atoms with Gasteiger partial charge in [0.2, 0.25) is 0 Å². The molecule has 7 heteroatoms. The second kappa shape index (κ2) is 9.32. The maximum atomic E-state index is 5.96. The van der Waals surface area contributed by atoms with E-state index in [9.17, 15) is 0 Å². The number of benzene rings is 2. The maximum absolute atomic E-state index is 5.96. The number of rotatable bonds is 9. The average molecular weight is 382 g/mol. The fourth-order valence-corrected chi connectivity index (χ4v) is 2.79. The number of aromatic nitrogens is 4. The van der Waals surface area contributed by atoms with Crippen LogP contribution in [-0.4, -0.2) is 33.4 Å². The van der Waals surface area contributed by atoms with Crippen molar-refractivity contribution in [2.45, 2.75) is 46.4 Å². The summed E-state index contributed by atoms with van der Waals surface area (Å²) in [7, 11) is 1.65. The Hall–Kier alpha value is -2.93. The van der Waals surface area contributed by atoms with E-state index in [1.807, 2.05) is 43.3 Å². The summed E-state index contributed by atoms with van der Waals surface area (Å²) in [6, 6.07) is 14.7. The Balaban J connectivity index is 1.69. The van der Waals surface area contributed by atoms with E-state index in [2.05, 4.69) is 40.8 Å². The Bertz CT molecular complexity index is 892. The molecule has 1 atom stereocenters. The predicted octanol–water partition coefficient (Wildman–Crippen LogP) is 2.42. The zero-order valence-electron chi connectivity index (χ0n) is 16.9. The Kier molecular flexibility index (Phi) is 6.60. The molecular formula is C21H28N5O2+. The molecule has 0 fully saturated rings. The summed E-state index contributed by atoms with van der Waals surface area (Å²) in [6.45, 7) is 7.63. The van der Waals surface area contributed by atoms with Crippen LogP contribution < -0.4 is 14.8 Å². The van der Waals surface area contributed by atoms with Gasteiger partial charge in [-0.05, 0) is 61.0 Å². The van der Waals surface area contributed by atoms with Gasteiger partial charge in [-0.3, -0.25) is 0 Å².